The van der Waals surface area contributed by atoms with Gasteiger partial charge in [0.15, 0.2) is 5.78 Å². The fraction of sp³-hybridized carbons (Fsp3) is 0.500. The van der Waals surface area contributed by atoms with Crippen LogP contribution in [0.3, 0.4) is 0 Å². The first-order valence-corrected chi connectivity index (χ1v) is 23.9. The molecule has 62 heavy (non-hydrogen) atoms. The van der Waals surface area contributed by atoms with E-state index in [2.05, 4.69) is 70.0 Å². The molecule has 4 aliphatic heterocycles. The van der Waals surface area contributed by atoms with Crippen LogP contribution in [0.25, 0.3) is 10.9 Å². The number of nitrogens with zero attached hydrogens (tertiary/aromatic N) is 5. The minimum atomic E-state index is -0.579. The van der Waals surface area contributed by atoms with Crippen LogP contribution >= 0.6 is 11.8 Å². The van der Waals surface area contributed by atoms with Gasteiger partial charge >= 0.3 is 0 Å². The summed E-state index contributed by atoms with van der Waals surface area (Å²) in [4.78, 5) is 65.7. The Labute approximate surface area is 369 Å². The van der Waals surface area contributed by atoms with Crippen LogP contribution in [0.2, 0.25) is 0 Å². The average molecular weight is 854 g/mol. The summed E-state index contributed by atoms with van der Waals surface area (Å²) < 4.78 is 0. The summed E-state index contributed by atoms with van der Waals surface area (Å²) in [7, 11) is 0. The number of amides is 3. The van der Waals surface area contributed by atoms with E-state index in [1.165, 1.54) is 43.5 Å². The van der Waals surface area contributed by atoms with Crippen molar-refractivity contribution in [3.8, 4) is 6.07 Å². The van der Waals surface area contributed by atoms with Gasteiger partial charge in [0, 0.05) is 102 Å². The Balaban J connectivity index is 0.698. The van der Waals surface area contributed by atoms with E-state index in [4.69, 9.17) is 0 Å². The number of hydrogen-bond donors (Lipinski definition) is 2. The van der Waals surface area contributed by atoms with E-state index in [0.29, 0.717) is 30.1 Å². The number of H-pyrrole nitrogens is 1. The van der Waals surface area contributed by atoms with Crippen LogP contribution < -0.4 is 10.2 Å². The summed E-state index contributed by atoms with van der Waals surface area (Å²) in [6, 6.07) is 18.2. The molecule has 0 saturated carbocycles. The summed E-state index contributed by atoms with van der Waals surface area (Å²) >= 11 is 1.81. The van der Waals surface area contributed by atoms with Gasteiger partial charge in [-0.2, -0.15) is 5.26 Å². The Morgan fingerprint density at radius 2 is 1.65 bits per heavy atom. The molecule has 2 N–H and O–H groups in total. The number of rotatable bonds is 13. The number of benzene rings is 3. The molecular weight excluding hydrogens is 795 g/mol. The van der Waals surface area contributed by atoms with E-state index >= 15 is 0 Å². The highest BCUT2D eigenvalue weighted by Crippen LogP contribution is 2.46. The van der Waals surface area contributed by atoms with Gasteiger partial charge in [0.25, 0.3) is 5.91 Å². The van der Waals surface area contributed by atoms with Crippen molar-refractivity contribution in [3.63, 3.8) is 0 Å². The van der Waals surface area contributed by atoms with Crippen LogP contribution in [-0.4, -0.2) is 107 Å². The maximum Gasteiger partial charge on any atom is 0.255 e. The number of ketones is 1. The van der Waals surface area contributed by atoms with Crippen LogP contribution in [-0.2, 0) is 28.0 Å². The molecule has 1 aliphatic carbocycles. The van der Waals surface area contributed by atoms with E-state index in [9.17, 15) is 24.4 Å². The molecule has 1 unspecified atom stereocenters. The second kappa shape index (κ2) is 17.7. The van der Waals surface area contributed by atoms with Gasteiger partial charge in [0.05, 0.1) is 17.2 Å². The first-order chi connectivity index (χ1) is 30.0. The number of carbonyl (C=O) groups is 4. The predicted molar refractivity (Wildman–Crippen MR) is 244 cm³/mol. The molecule has 5 aliphatic rings. The highest BCUT2D eigenvalue weighted by molar-refractivity contribution is 7.99. The van der Waals surface area contributed by atoms with Gasteiger partial charge in [-0.25, -0.2) is 0 Å². The highest BCUT2D eigenvalue weighted by atomic mass is 32.2. The molecule has 324 valence electrons. The number of aromatic amines is 1. The molecule has 3 aromatic carbocycles. The van der Waals surface area contributed by atoms with Crippen LogP contribution in [0.4, 0.5) is 5.69 Å². The SMILES string of the molecule is CCc1cc2c(cc1N1CCC(N3CCN(CCCCCCCSc4cccc5c4CN(C4CCC(=O)NC4=O)C5=O)CC3)CC1)C(C)(C)c1[nH]c3cc(C#N)ccc3c1C2=O. The van der Waals surface area contributed by atoms with E-state index in [1.54, 1.807) is 11.0 Å². The average Bonchev–Trinajstić information content (AvgIpc) is 3.85. The molecule has 3 fully saturated rings. The second-order valence-corrected chi connectivity index (χ2v) is 19.6. The second-order valence-electron chi connectivity index (χ2n) is 18.5. The number of piperazine rings is 1. The molecule has 3 saturated heterocycles. The monoisotopic (exact) mass is 853 g/mol. The Morgan fingerprint density at radius 3 is 2.40 bits per heavy atom. The molecule has 0 spiro atoms. The fourth-order valence-electron chi connectivity index (χ4n) is 10.8. The van der Waals surface area contributed by atoms with Crippen molar-refractivity contribution >= 4 is 51.9 Å². The number of aryl methyl sites for hydroxylation is 1. The maximum atomic E-state index is 14.1. The topological polar surface area (TPSA) is 133 Å². The van der Waals surface area contributed by atoms with Gasteiger partial charge in [-0.1, -0.05) is 52.2 Å². The zero-order chi connectivity index (χ0) is 43.1. The maximum absolute atomic E-state index is 14.1. The third-order valence-electron chi connectivity index (χ3n) is 14.4. The van der Waals surface area contributed by atoms with Crippen LogP contribution in [0.1, 0.15) is 133 Å². The van der Waals surface area contributed by atoms with Crippen molar-refractivity contribution < 1.29 is 19.2 Å². The number of carbonyl (C=O) groups excluding carboxylic acids is 4. The molecule has 1 atom stereocenters. The van der Waals surface area contributed by atoms with Gasteiger partial charge in [0.2, 0.25) is 11.8 Å². The third kappa shape index (κ3) is 7.97. The largest absolute Gasteiger partial charge is 0.371 e. The number of hydrogen-bond acceptors (Lipinski definition) is 9. The molecule has 9 rings (SSSR count). The van der Waals surface area contributed by atoms with Gasteiger partial charge in [-0.3, -0.25) is 29.4 Å². The number of fused-ring (bicyclic) bond motifs is 5. The van der Waals surface area contributed by atoms with Gasteiger partial charge in [-0.05, 0) is 104 Å². The summed E-state index contributed by atoms with van der Waals surface area (Å²) in [6.45, 7) is 14.8. The Bertz CT molecular complexity index is 2450. The Morgan fingerprint density at radius 1 is 0.871 bits per heavy atom. The van der Waals surface area contributed by atoms with Gasteiger partial charge in [-0.15, -0.1) is 11.8 Å². The lowest BCUT2D eigenvalue weighted by Crippen LogP contribution is -2.53. The first-order valence-electron chi connectivity index (χ1n) is 22.9. The highest BCUT2D eigenvalue weighted by Gasteiger charge is 2.42. The van der Waals surface area contributed by atoms with Gasteiger partial charge in [0.1, 0.15) is 6.04 Å². The molecular formula is C50H59N7O4S. The van der Waals surface area contributed by atoms with E-state index < -0.39 is 6.04 Å². The van der Waals surface area contributed by atoms with E-state index in [-0.39, 0.29) is 35.3 Å². The summed E-state index contributed by atoms with van der Waals surface area (Å²) in [5.41, 5.74) is 8.85. The molecule has 4 aromatic rings. The Kier molecular flexibility index (Phi) is 12.1. The number of piperidine rings is 2. The predicted octanol–water partition coefficient (Wildman–Crippen LogP) is 7.56. The summed E-state index contributed by atoms with van der Waals surface area (Å²) in [5.74, 6) is 0.345. The van der Waals surface area contributed by atoms with Crippen molar-refractivity contribution in [1.29, 1.82) is 5.26 Å². The molecule has 0 bridgehead atoms. The standard InChI is InChI=1S/C50H59N7O4S/c1-4-33-28-37-39(50(2,3)47-45(46(37)59)36-14-13-32(30-51)27-40(36)52-47)29-42(33)56-20-17-34(18-21-56)55-24-22-54(23-25-55)19-8-6-5-7-9-26-62-43-12-10-11-35-38(43)31-57(49(35)61)41-15-16-44(58)53-48(41)60/h10-14,27-29,34,41,52H,4-9,15-26,31H2,1-3H3,(H,53,58,60). The van der Waals surface area contributed by atoms with Crippen LogP contribution in [0, 0.1) is 11.3 Å². The number of aromatic nitrogens is 1. The molecule has 11 nitrogen and oxygen atoms in total. The molecule has 12 heteroatoms. The molecule has 5 heterocycles. The first kappa shape index (κ1) is 42.3. The van der Waals surface area contributed by atoms with Crippen molar-refractivity contribution in [1.82, 2.24) is 25.0 Å². The van der Waals surface area contributed by atoms with Crippen molar-refractivity contribution in [3.05, 3.63) is 93.2 Å². The zero-order valence-corrected chi connectivity index (χ0v) is 37.3. The van der Waals surface area contributed by atoms with Crippen molar-refractivity contribution in [2.45, 2.75) is 114 Å². The van der Waals surface area contributed by atoms with Crippen molar-refractivity contribution in [2.75, 3.05) is 56.5 Å². The third-order valence-corrected chi connectivity index (χ3v) is 15.6. The number of imide groups is 1. The minimum absolute atomic E-state index is 0.0757. The molecule has 3 amide bonds. The minimum Gasteiger partial charge on any atom is -0.371 e. The summed E-state index contributed by atoms with van der Waals surface area (Å²) in [5, 5.41) is 12.8. The van der Waals surface area contributed by atoms with Gasteiger partial charge < -0.3 is 19.7 Å². The number of anilines is 1. The Hall–Kier alpha value is -4.96. The summed E-state index contributed by atoms with van der Waals surface area (Å²) in [6.07, 6.45) is 9.89. The number of nitriles is 1. The lowest BCUT2D eigenvalue weighted by Gasteiger charge is -2.44. The van der Waals surface area contributed by atoms with E-state index in [1.807, 2.05) is 36.0 Å². The lowest BCUT2D eigenvalue weighted by molar-refractivity contribution is -0.136. The lowest BCUT2D eigenvalue weighted by atomic mass is 9.70. The number of unbranched alkanes of at least 4 members (excludes halogenated alkanes) is 4. The number of nitrogens with one attached hydrogen (secondary N) is 2. The van der Waals surface area contributed by atoms with E-state index in [0.717, 1.165) is 114 Å². The van der Waals surface area contributed by atoms with Crippen LogP contribution in [0.15, 0.2) is 53.4 Å². The smallest absolute Gasteiger partial charge is 0.255 e. The fourth-order valence-corrected chi connectivity index (χ4v) is 11.9. The quantitative estimate of drug-likeness (QED) is 0.0795. The normalized spacial score (nSPS) is 20.6. The van der Waals surface area contributed by atoms with Crippen molar-refractivity contribution in [2.24, 2.45) is 0 Å². The van der Waals surface area contributed by atoms with Crippen LogP contribution in [0.5, 0.6) is 0 Å². The molecule has 1 aromatic heterocycles. The zero-order valence-electron chi connectivity index (χ0n) is 36.5. The molecule has 0 radical (unpaired) electrons. The number of thioether (sulfide) groups is 1.